The van der Waals surface area contributed by atoms with Crippen LogP contribution in [0.4, 0.5) is 13.2 Å². The molecule has 0 spiro atoms. The molecule has 0 saturated heterocycles. The highest BCUT2D eigenvalue weighted by molar-refractivity contribution is 6.20. The average Bonchev–Trinajstić information content (AvgIpc) is 2.11. The Labute approximate surface area is 105 Å². The summed E-state index contributed by atoms with van der Waals surface area (Å²) in [5, 5.41) is 0. The van der Waals surface area contributed by atoms with Crippen LogP contribution in [0.25, 0.3) is 0 Å². The zero-order valence-corrected chi connectivity index (χ0v) is 12.0. The summed E-state index contributed by atoms with van der Waals surface area (Å²) >= 11 is 0. The molecule has 0 aliphatic heterocycles. The molecule has 0 heterocycles. The molecule has 0 aromatic rings. The lowest BCUT2D eigenvalue weighted by Crippen LogP contribution is -2.64. The van der Waals surface area contributed by atoms with Gasteiger partial charge in [0.25, 0.3) is 0 Å². The van der Waals surface area contributed by atoms with Crippen molar-refractivity contribution in [1.82, 2.24) is 4.81 Å². The zero-order valence-electron chi connectivity index (χ0n) is 12.0. The van der Waals surface area contributed by atoms with Gasteiger partial charge in [0.05, 0.1) is 5.44 Å². The van der Waals surface area contributed by atoms with Crippen LogP contribution in [0.15, 0.2) is 0 Å². The first-order valence-corrected chi connectivity index (χ1v) is 6.24. The van der Waals surface area contributed by atoms with E-state index in [4.69, 9.17) is 0 Å². The lowest BCUT2D eigenvalue weighted by molar-refractivity contribution is -0.204. The molecule has 0 bridgehead atoms. The molecule has 0 saturated carbocycles. The summed E-state index contributed by atoms with van der Waals surface area (Å²) in [6.07, 6.45) is -3.43. The number of hydrogen-bond acceptors (Lipinski definition) is 1. The Hall–Kier alpha value is -0.120. The van der Waals surface area contributed by atoms with Crippen LogP contribution in [-0.2, 0) is 0 Å². The van der Waals surface area contributed by atoms with Gasteiger partial charge in [0, 0.05) is 0 Å². The Balaban J connectivity index is 5.09. The summed E-state index contributed by atoms with van der Waals surface area (Å²) in [5.74, 6) is -0.0702. The normalized spacial score (nSPS) is 18.8. The average molecular weight is 249 g/mol. The molecule has 0 aromatic heterocycles. The zero-order chi connectivity index (χ0) is 14.0. The minimum Gasteiger partial charge on any atom is -0.341 e. The first-order chi connectivity index (χ1) is 7.44. The molecule has 0 fully saturated rings. The maximum atomic E-state index is 13.3. The predicted molar refractivity (Wildman–Crippen MR) is 71.5 cm³/mol. The molecule has 17 heavy (non-hydrogen) atoms. The number of hydrogen-bond donors (Lipinski definition) is 0. The van der Waals surface area contributed by atoms with Gasteiger partial charge in [-0.15, -0.1) is 0 Å². The van der Waals surface area contributed by atoms with Crippen molar-refractivity contribution in [2.75, 3.05) is 0 Å². The molecule has 0 aliphatic carbocycles. The molecular weight excluding hydrogens is 225 g/mol. The van der Waals surface area contributed by atoms with Crippen LogP contribution in [-0.4, -0.2) is 38.3 Å². The van der Waals surface area contributed by atoms with E-state index in [0.717, 1.165) is 6.42 Å². The molecule has 1 nitrogen and oxygen atoms in total. The summed E-state index contributed by atoms with van der Waals surface area (Å²) in [7, 11) is 2.88. The van der Waals surface area contributed by atoms with Gasteiger partial charge in [-0.1, -0.05) is 34.6 Å². The summed E-state index contributed by atoms with van der Waals surface area (Å²) in [4.78, 5) is 1.48. The Morgan fingerprint density at radius 3 is 1.71 bits per heavy atom. The first kappa shape index (κ1) is 16.9. The highest BCUT2D eigenvalue weighted by atomic mass is 19.4. The molecule has 0 aliphatic rings. The van der Waals surface area contributed by atoms with Gasteiger partial charge in [-0.2, -0.15) is 13.2 Å². The van der Waals surface area contributed by atoms with E-state index >= 15 is 0 Å². The summed E-state index contributed by atoms with van der Waals surface area (Å²) in [6, 6.07) is -0.0796. The minimum atomic E-state index is -4.21. The number of halogens is 3. The molecule has 6 heteroatoms. The fourth-order valence-electron chi connectivity index (χ4n) is 2.23. The third-order valence-electron chi connectivity index (χ3n) is 3.90. The number of rotatable bonds is 5. The second-order valence-electron chi connectivity index (χ2n) is 5.89. The van der Waals surface area contributed by atoms with Crippen LogP contribution in [0.1, 0.15) is 41.0 Å². The van der Waals surface area contributed by atoms with Crippen LogP contribution in [0.2, 0.25) is 0 Å². The maximum Gasteiger partial charge on any atom is 0.398 e. The Bertz CT molecular complexity index is 243. The van der Waals surface area contributed by atoms with Crippen molar-refractivity contribution in [3.8, 4) is 0 Å². The van der Waals surface area contributed by atoms with Crippen LogP contribution >= 0.6 is 0 Å². The van der Waals surface area contributed by atoms with E-state index < -0.39 is 17.5 Å². The van der Waals surface area contributed by atoms with Crippen molar-refractivity contribution in [2.24, 2.45) is 11.8 Å². The molecule has 0 amide bonds. The van der Waals surface area contributed by atoms with Crippen molar-refractivity contribution in [1.29, 1.82) is 0 Å². The van der Waals surface area contributed by atoms with E-state index in [9.17, 15) is 13.2 Å². The van der Waals surface area contributed by atoms with E-state index in [1.807, 2.05) is 20.8 Å². The first-order valence-electron chi connectivity index (χ1n) is 6.24. The monoisotopic (exact) mass is 249 g/mol. The van der Waals surface area contributed by atoms with Crippen molar-refractivity contribution >= 4 is 15.8 Å². The van der Waals surface area contributed by atoms with Gasteiger partial charge in [-0.3, -0.25) is 0 Å². The molecule has 0 N–H and O–H groups in total. The number of alkyl halides is 3. The molecule has 0 unspecified atom stereocenters. The minimum absolute atomic E-state index is 0.0796. The third-order valence-corrected chi connectivity index (χ3v) is 3.90. The number of nitrogens with zero attached hydrogens (tertiary/aromatic N) is 1. The smallest absolute Gasteiger partial charge is 0.341 e. The molecule has 0 aromatic carbocycles. The molecule has 0 radical (unpaired) electrons. The van der Waals surface area contributed by atoms with Gasteiger partial charge in [-0.25, -0.2) is 0 Å². The van der Waals surface area contributed by atoms with E-state index in [0.29, 0.717) is 5.92 Å². The van der Waals surface area contributed by atoms with Crippen molar-refractivity contribution in [3.63, 3.8) is 0 Å². The maximum absolute atomic E-state index is 13.3. The van der Waals surface area contributed by atoms with Gasteiger partial charge in [0.1, 0.15) is 7.85 Å². The standard InChI is InChI=1S/C11H24B2F3N/c1-7(2)6-9(5)17(13)10(12,8(3)4)11(14,15)16/h7-9H,6,12-13H2,1-5H3/t9-,10-/m1/s1. The van der Waals surface area contributed by atoms with Crippen LogP contribution < -0.4 is 0 Å². The molecule has 2 atom stereocenters. The molecule has 100 valence electrons. The Morgan fingerprint density at radius 1 is 1.06 bits per heavy atom. The highest BCUT2D eigenvalue weighted by Gasteiger charge is 2.55. The van der Waals surface area contributed by atoms with Crippen LogP contribution in [0.3, 0.4) is 0 Å². The van der Waals surface area contributed by atoms with E-state index in [2.05, 4.69) is 0 Å². The van der Waals surface area contributed by atoms with Crippen molar-refractivity contribution in [3.05, 3.63) is 0 Å². The fraction of sp³-hybridized carbons (Fsp3) is 1.00. The van der Waals surface area contributed by atoms with Crippen molar-refractivity contribution < 1.29 is 13.2 Å². The lowest BCUT2D eigenvalue weighted by atomic mass is 9.65. The van der Waals surface area contributed by atoms with Gasteiger partial charge in [0.15, 0.2) is 7.98 Å². The van der Waals surface area contributed by atoms with E-state index in [-0.39, 0.29) is 6.04 Å². The Kier molecular flexibility index (Phi) is 5.64. The molecular formula is C11H24B2F3N. The fourth-order valence-corrected chi connectivity index (χ4v) is 2.23. The lowest BCUT2D eigenvalue weighted by Gasteiger charge is -2.47. The summed E-state index contributed by atoms with van der Waals surface area (Å²) < 4.78 is 39.8. The molecule has 0 rings (SSSR count). The predicted octanol–water partition coefficient (Wildman–Crippen LogP) is 1.82. The van der Waals surface area contributed by atoms with Crippen LogP contribution in [0.5, 0.6) is 0 Å². The second kappa shape index (κ2) is 5.68. The van der Waals surface area contributed by atoms with Gasteiger partial charge in [-0.05, 0) is 24.3 Å². The van der Waals surface area contributed by atoms with E-state index in [1.165, 1.54) is 12.7 Å². The summed E-state index contributed by atoms with van der Waals surface area (Å²) in [6.45, 7) is 9.19. The van der Waals surface area contributed by atoms with Gasteiger partial charge in [0.2, 0.25) is 0 Å². The van der Waals surface area contributed by atoms with Crippen molar-refractivity contribution in [2.45, 2.75) is 58.7 Å². The largest absolute Gasteiger partial charge is 0.398 e. The second-order valence-corrected chi connectivity index (χ2v) is 5.89. The van der Waals surface area contributed by atoms with E-state index in [1.54, 1.807) is 21.8 Å². The van der Waals surface area contributed by atoms with Crippen LogP contribution in [0, 0.1) is 11.8 Å². The Morgan fingerprint density at radius 2 is 1.47 bits per heavy atom. The van der Waals surface area contributed by atoms with Gasteiger partial charge >= 0.3 is 6.18 Å². The topological polar surface area (TPSA) is 3.24 Å². The third kappa shape index (κ3) is 3.67. The highest BCUT2D eigenvalue weighted by Crippen LogP contribution is 2.39. The van der Waals surface area contributed by atoms with Gasteiger partial charge < -0.3 is 4.81 Å². The summed E-state index contributed by atoms with van der Waals surface area (Å²) in [5.41, 5.74) is -1.76. The SMILES string of the molecule is BN([C@H](C)CC(C)C)[C@](B)(C(C)C)C(F)(F)F. The quantitative estimate of drug-likeness (QED) is 0.671.